The molecular formula is C25H25ClFN3O4. The number of pyridine rings is 1. The van der Waals surface area contributed by atoms with Gasteiger partial charge in [-0.15, -0.1) is 0 Å². The Balaban J connectivity index is 1.76. The summed E-state index contributed by atoms with van der Waals surface area (Å²) in [4.78, 5) is 38.5. The summed E-state index contributed by atoms with van der Waals surface area (Å²) in [6.07, 6.45) is 3.31. The van der Waals surface area contributed by atoms with Crippen molar-refractivity contribution >= 4 is 23.4 Å². The maximum Gasteiger partial charge on any atom is 0.257 e. The summed E-state index contributed by atoms with van der Waals surface area (Å²) in [5.41, 5.74) is 0.458. The van der Waals surface area contributed by atoms with Gasteiger partial charge in [-0.1, -0.05) is 35.9 Å². The Morgan fingerprint density at radius 2 is 1.68 bits per heavy atom. The summed E-state index contributed by atoms with van der Waals surface area (Å²) in [6.45, 7) is 0.976. The van der Waals surface area contributed by atoms with Crippen LogP contribution in [-0.2, 0) is 24.2 Å². The number of aromatic nitrogens is 1. The highest BCUT2D eigenvalue weighted by molar-refractivity contribution is 6.30. The smallest absolute Gasteiger partial charge is 0.257 e. The van der Waals surface area contributed by atoms with Gasteiger partial charge in [-0.2, -0.15) is 0 Å². The minimum atomic E-state index is -0.689. The summed E-state index contributed by atoms with van der Waals surface area (Å²) in [6, 6.07) is 13.0. The van der Waals surface area contributed by atoms with Crippen molar-refractivity contribution in [3.8, 4) is 0 Å². The molecular weight excluding hydrogens is 461 g/mol. The number of carbonyl (C=O) groups is 2. The number of hydrogen-bond donors (Lipinski definition) is 2. The SMILES string of the molecule is COCCn1cc(C(=O)NCCc2cccc(Cl)c2)c(=O)c(C(=O)NCc2cccc(F)c2)c1. The van der Waals surface area contributed by atoms with Gasteiger partial charge in [-0.05, 0) is 41.8 Å². The highest BCUT2D eigenvalue weighted by Gasteiger charge is 2.19. The van der Waals surface area contributed by atoms with Crippen LogP contribution in [0, 0.1) is 5.82 Å². The quantitative estimate of drug-likeness (QED) is 0.461. The molecule has 0 atom stereocenters. The van der Waals surface area contributed by atoms with Crippen LogP contribution < -0.4 is 16.1 Å². The Hall–Kier alpha value is -3.49. The molecule has 2 aromatic carbocycles. The molecule has 0 unspecified atom stereocenters. The van der Waals surface area contributed by atoms with Crippen molar-refractivity contribution in [2.45, 2.75) is 19.5 Å². The number of methoxy groups -OCH3 is 1. The molecule has 2 N–H and O–H groups in total. The molecule has 7 nitrogen and oxygen atoms in total. The fourth-order valence-corrected chi connectivity index (χ4v) is 3.53. The first-order valence-corrected chi connectivity index (χ1v) is 11.0. The first-order valence-electron chi connectivity index (χ1n) is 10.7. The summed E-state index contributed by atoms with van der Waals surface area (Å²) >= 11 is 5.98. The number of hydrogen-bond acceptors (Lipinski definition) is 4. The Morgan fingerprint density at radius 3 is 2.35 bits per heavy atom. The highest BCUT2D eigenvalue weighted by atomic mass is 35.5. The molecule has 1 aromatic heterocycles. The predicted molar refractivity (Wildman–Crippen MR) is 128 cm³/mol. The van der Waals surface area contributed by atoms with Gasteiger partial charge in [0.15, 0.2) is 0 Å². The number of ether oxygens (including phenoxy) is 1. The fourth-order valence-electron chi connectivity index (χ4n) is 3.31. The first-order chi connectivity index (χ1) is 16.4. The molecule has 0 spiro atoms. The number of nitrogens with one attached hydrogen (secondary N) is 2. The fraction of sp³-hybridized carbons (Fsp3) is 0.240. The van der Waals surface area contributed by atoms with Crippen molar-refractivity contribution < 1.29 is 18.7 Å². The monoisotopic (exact) mass is 485 g/mol. The molecule has 0 bridgehead atoms. The lowest BCUT2D eigenvalue weighted by Crippen LogP contribution is -2.36. The summed E-state index contributed by atoms with van der Waals surface area (Å²) in [5, 5.41) is 5.93. The second kappa shape index (κ2) is 12.1. The average Bonchev–Trinajstić information content (AvgIpc) is 2.82. The van der Waals surface area contributed by atoms with Crippen LogP contribution in [0.4, 0.5) is 4.39 Å². The molecule has 34 heavy (non-hydrogen) atoms. The molecule has 0 radical (unpaired) electrons. The third-order valence-corrected chi connectivity index (χ3v) is 5.29. The van der Waals surface area contributed by atoms with E-state index in [4.69, 9.17) is 16.3 Å². The molecule has 1 heterocycles. The van der Waals surface area contributed by atoms with Crippen molar-refractivity contribution in [2.24, 2.45) is 0 Å². The minimum Gasteiger partial charge on any atom is -0.383 e. The number of nitrogens with zero attached hydrogens (tertiary/aromatic N) is 1. The molecule has 0 aliphatic heterocycles. The van der Waals surface area contributed by atoms with Crippen molar-refractivity contribution in [3.05, 3.63) is 104 Å². The zero-order valence-electron chi connectivity index (χ0n) is 18.6. The van der Waals surface area contributed by atoms with E-state index in [1.54, 1.807) is 22.8 Å². The Kier molecular flexibility index (Phi) is 8.95. The van der Waals surface area contributed by atoms with Gasteiger partial charge >= 0.3 is 0 Å². The molecule has 0 fully saturated rings. The highest BCUT2D eigenvalue weighted by Crippen LogP contribution is 2.11. The van der Waals surface area contributed by atoms with E-state index in [9.17, 15) is 18.8 Å². The van der Waals surface area contributed by atoms with Gasteiger partial charge in [0.2, 0.25) is 5.43 Å². The van der Waals surface area contributed by atoms with E-state index in [0.29, 0.717) is 30.2 Å². The van der Waals surface area contributed by atoms with E-state index in [1.165, 1.54) is 37.7 Å². The Morgan fingerprint density at radius 1 is 1.00 bits per heavy atom. The predicted octanol–water partition coefficient (Wildman–Crippen LogP) is 3.19. The lowest BCUT2D eigenvalue weighted by molar-refractivity contribution is 0.0948. The van der Waals surface area contributed by atoms with Crippen molar-refractivity contribution in [3.63, 3.8) is 0 Å². The zero-order chi connectivity index (χ0) is 24.5. The van der Waals surface area contributed by atoms with Gasteiger partial charge in [0, 0.05) is 44.2 Å². The summed E-state index contributed by atoms with van der Waals surface area (Å²) in [7, 11) is 1.53. The van der Waals surface area contributed by atoms with Gasteiger partial charge in [-0.3, -0.25) is 14.4 Å². The van der Waals surface area contributed by atoms with Crippen LogP contribution in [0.2, 0.25) is 5.02 Å². The molecule has 0 saturated heterocycles. The average molecular weight is 486 g/mol. The standard InChI is InChI=1S/C25H25ClFN3O4/c1-34-11-10-30-15-21(24(32)28-9-8-17-4-2-6-19(26)12-17)23(31)22(16-30)25(33)29-14-18-5-3-7-20(27)13-18/h2-7,12-13,15-16H,8-11,14H2,1H3,(H,28,32)(H,29,33). The third kappa shape index (κ3) is 7.00. The van der Waals surface area contributed by atoms with Gasteiger partial charge in [0.1, 0.15) is 16.9 Å². The van der Waals surface area contributed by atoms with Crippen molar-refractivity contribution in [1.82, 2.24) is 15.2 Å². The topological polar surface area (TPSA) is 89.4 Å². The first kappa shape index (κ1) is 25.1. The van der Waals surface area contributed by atoms with Crippen molar-refractivity contribution in [2.75, 3.05) is 20.3 Å². The summed E-state index contributed by atoms with van der Waals surface area (Å²) < 4.78 is 20.0. The van der Waals surface area contributed by atoms with E-state index in [2.05, 4.69) is 10.6 Å². The largest absolute Gasteiger partial charge is 0.383 e. The number of halogens is 2. The maximum atomic E-state index is 13.4. The Labute approximate surface area is 201 Å². The molecule has 3 rings (SSSR count). The van der Waals surface area contributed by atoms with Gasteiger partial charge < -0.3 is 19.9 Å². The van der Waals surface area contributed by atoms with E-state index < -0.39 is 23.1 Å². The second-order valence-corrected chi connectivity index (χ2v) is 8.03. The van der Waals surface area contributed by atoms with Crippen LogP contribution in [0.3, 0.4) is 0 Å². The number of amides is 2. The number of rotatable bonds is 10. The van der Waals surface area contributed by atoms with Crippen LogP contribution in [0.5, 0.6) is 0 Å². The summed E-state index contributed by atoms with van der Waals surface area (Å²) in [5.74, 6) is -1.67. The zero-order valence-corrected chi connectivity index (χ0v) is 19.4. The van der Waals surface area contributed by atoms with Crippen LogP contribution in [0.1, 0.15) is 31.8 Å². The van der Waals surface area contributed by atoms with Crippen LogP contribution in [0.25, 0.3) is 0 Å². The lowest BCUT2D eigenvalue weighted by atomic mass is 10.1. The van der Waals surface area contributed by atoms with Crippen LogP contribution in [-0.4, -0.2) is 36.6 Å². The number of carbonyl (C=O) groups excluding carboxylic acids is 2. The molecule has 0 saturated carbocycles. The van der Waals surface area contributed by atoms with Gasteiger partial charge in [-0.25, -0.2) is 4.39 Å². The molecule has 0 aliphatic rings. The van der Waals surface area contributed by atoms with Crippen LogP contribution >= 0.6 is 11.6 Å². The molecule has 9 heteroatoms. The van der Waals surface area contributed by atoms with E-state index in [-0.39, 0.29) is 24.2 Å². The minimum absolute atomic E-state index is 0.0319. The number of benzene rings is 2. The van der Waals surface area contributed by atoms with Crippen LogP contribution in [0.15, 0.2) is 65.7 Å². The normalized spacial score (nSPS) is 10.7. The third-order valence-electron chi connectivity index (χ3n) is 5.05. The van der Waals surface area contributed by atoms with E-state index in [0.717, 1.165) is 5.56 Å². The lowest BCUT2D eigenvalue weighted by Gasteiger charge is -2.13. The molecule has 178 valence electrons. The Bertz CT molecular complexity index is 1230. The molecule has 3 aromatic rings. The maximum absolute atomic E-state index is 13.4. The second-order valence-electron chi connectivity index (χ2n) is 7.59. The van der Waals surface area contributed by atoms with Gasteiger partial charge in [0.05, 0.1) is 6.61 Å². The van der Waals surface area contributed by atoms with E-state index >= 15 is 0 Å². The van der Waals surface area contributed by atoms with Gasteiger partial charge in [0.25, 0.3) is 11.8 Å². The van der Waals surface area contributed by atoms with E-state index in [1.807, 2.05) is 12.1 Å². The molecule has 2 amide bonds. The molecule has 0 aliphatic carbocycles. The van der Waals surface area contributed by atoms with Crippen molar-refractivity contribution in [1.29, 1.82) is 0 Å².